The summed E-state index contributed by atoms with van der Waals surface area (Å²) in [5.41, 5.74) is 5.91. The van der Waals surface area contributed by atoms with E-state index < -0.39 is 0 Å². The molecule has 0 saturated carbocycles. The Bertz CT molecular complexity index is 198. The number of allylic oxidation sites excluding steroid dienone is 2. The van der Waals surface area contributed by atoms with Gasteiger partial charge in [0.2, 0.25) is 0 Å². The van der Waals surface area contributed by atoms with Crippen molar-refractivity contribution in [1.29, 1.82) is 0 Å². The Labute approximate surface area is 87.2 Å². The summed E-state index contributed by atoms with van der Waals surface area (Å²) in [5, 5.41) is 9.77. The molecule has 2 unspecified atom stereocenters. The molecule has 3 N–H and O–H groups in total. The SMILES string of the molecule is CC(C)(CN)C1C/C=C/CCC(O)C1. The van der Waals surface area contributed by atoms with Crippen molar-refractivity contribution in [1.82, 2.24) is 0 Å². The van der Waals surface area contributed by atoms with Crippen LogP contribution < -0.4 is 5.73 Å². The minimum Gasteiger partial charge on any atom is -0.393 e. The summed E-state index contributed by atoms with van der Waals surface area (Å²) < 4.78 is 0. The average molecular weight is 197 g/mol. The normalized spacial score (nSPS) is 32.0. The van der Waals surface area contributed by atoms with Gasteiger partial charge in [-0.05, 0) is 43.6 Å². The van der Waals surface area contributed by atoms with Gasteiger partial charge >= 0.3 is 0 Å². The first kappa shape index (κ1) is 11.7. The highest BCUT2D eigenvalue weighted by Crippen LogP contribution is 2.34. The Hall–Kier alpha value is -0.340. The highest BCUT2D eigenvalue weighted by atomic mass is 16.3. The minimum absolute atomic E-state index is 0.142. The Morgan fingerprint density at radius 3 is 2.79 bits per heavy atom. The molecule has 0 aromatic rings. The maximum Gasteiger partial charge on any atom is 0.0546 e. The van der Waals surface area contributed by atoms with Gasteiger partial charge in [0.1, 0.15) is 0 Å². The molecule has 0 radical (unpaired) electrons. The molecule has 0 saturated heterocycles. The molecular weight excluding hydrogens is 174 g/mol. The van der Waals surface area contributed by atoms with Crippen molar-refractivity contribution >= 4 is 0 Å². The third kappa shape index (κ3) is 3.10. The van der Waals surface area contributed by atoms with Gasteiger partial charge in [0.15, 0.2) is 0 Å². The number of rotatable bonds is 2. The minimum atomic E-state index is -0.143. The van der Waals surface area contributed by atoms with Crippen LogP contribution >= 0.6 is 0 Å². The summed E-state index contributed by atoms with van der Waals surface area (Å²) in [6.07, 6.45) is 8.15. The summed E-state index contributed by atoms with van der Waals surface area (Å²) in [7, 11) is 0. The van der Waals surface area contributed by atoms with Crippen LogP contribution in [0.15, 0.2) is 12.2 Å². The van der Waals surface area contributed by atoms with E-state index in [9.17, 15) is 5.11 Å². The van der Waals surface area contributed by atoms with E-state index in [2.05, 4.69) is 26.0 Å². The second-order valence-corrected chi connectivity index (χ2v) is 5.06. The number of aliphatic hydroxyl groups is 1. The Balaban J connectivity index is 2.65. The average Bonchev–Trinajstić information content (AvgIpc) is 2.11. The second-order valence-electron chi connectivity index (χ2n) is 5.06. The summed E-state index contributed by atoms with van der Waals surface area (Å²) in [6, 6.07) is 0. The highest BCUT2D eigenvalue weighted by molar-refractivity contribution is 4.93. The number of nitrogens with two attached hydrogens (primary N) is 1. The quantitative estimate of drug-likeness (QED) is 0.666. The summed E-state index contributed by atoms with van der Waals surface area (Å²) in [4.78, 5) is 0. The smallest absolute Gasteiger partial charge is 0.0546 e. The van der Waals surface area contributed by atoms with Crippen LogP contribution in [0.4, 0.5) is 0 Å². The van der Waals surface area contributed by atoms with Gasteiger partial charge in [-0.3, -0.25) is 0 Å². The van der Waals surface area contributed by atoms with Gasteiger partial charge in [0.25, 0.3) is 0 Å². The fourth-order valence-corrected chi connectivity index (χ4v) is 2.01. The van der Waals surface area contributed by atoms with E-state index in [1.54, 1.807) is 0 Å². The maximum absolute atomic E-state index is 9.77. The first-order valence-electron chi connectivity index (χ1n) is 5.59. The van der Waals surface area contributed by atoms with E-state index in [0.29, 0.717) is 12.5 Å². The Morgan fingerprint density at radius 1 is 1.43 bits per heavy atom. The van der Waals surface area contributed by atoms with Crippen molar-refractivity contribution in [2.45, 2.75) is 45.6 Å². The summed E-state index contributed by atoms with van der Waals surface area (Å²) in [6.45, 7) is 5.08. The van der Waals surface area contributed by atoms with Gasteiger partial charge in [-0.25, -0.2) is 0 Å². The van der Waals surface area contributed by atoms with Crippen LogP contribution in [0, 0.1) is 11.3 Å². The molecule has 2 heteroatoms. The van der Waals surface area contributed by atoms with Crippen LogP contribution in [0.5, 0.6) is 0 Å². The van der Waals surface area contributed by atoms with E-state index in [4.69, 9.17) is 5.73 Å². The molecule has 0 fully saturated rings. The molecule has 0 aliphatic heterocycles. The Kier molecular flexibility index (Phi) is 4.14. The zero-order valence-corrected chi connectivity index (χ0v) is 9.37. The molecule has 2 nitrogen and oxygen atoms in total. The van der Waals surface area contributed by atoms with Crippen LogP contribution in [0.25, 0.3) is 0 Å². The number of hydrogen-bond donors (Lipinski definition) is 2. The van der Waals surface area contributed by atoms with Gasteiger partial charge in [0, 0.05) is 0 Å². The molecule has 0 bridgehead atoms. The van der Waals surface area contributed by atoms with Crippen molar-refractivity contribution in [2.75, 3.05) is 6.54 Å². The molecule has 0 aromatic carbocycles. The molecular formula is C12H23NO. The first-order valence-corrected chi connectivity index (χ1v) is 5.59. The highest BCUT2D eigenvalue weighted by Gasteiger charge is 2.29. The predicted molar refractivity (Wildman–Crippen MR) is 59.9 cm³/mol. The topological polar surface area (TPSA) is 46.2 Å². The molecule has 1 aliphatic carbocycles. The lowest BCUT2D eigenvalue weighted by Crippen LogP contribution is -2.34. The number of aliphatic hydroxyl groups excluding tert-OH is 1. The van der Waals surface area contributed by atoms with E-state index in [-0.39, 0.29) is 11.5 Å². The van der Waals surface area contributed by atoms with Crippen molar-refractivity contribution in [3.05, 3.63) is 12.2 Å². The van der Waals surface area contributed by atoms with Crippen LogP contribution in [-0.2, 0) is 0 Å². The third-order valence-electron chi connectivity index (χ3n) is 3.44. The molecule has 0 aromatic heterocycles. The Morgan fingerprint density at radius 2 is 2.14 bits per heavy atom. The van der Waals surface area contributed by atoms with Gasteiger partial charge in [-0.1, -0.05) is 26.0 Å². The molecule has 82 valence electrons. The van der Waals surface area contributed by atoms with Crippen molar-refractivity contribution in [3.8, 4) is 0 Å². The standard InChI is InChI=1S/C12H23NO/c1-12(2,9-13)10-6-4-3-5-7-11(14)8-10/h3-4,10-11,14H,5-9,13H2,1-2H3/b4-3+. The van der Waals surface area contributed by atoms with Crippen LogP contribution in [0.1, 0.15) is 39.5 Å². The fourth-order valence-electron chi connectivity index (χ4n) is 2.01. The van der Waals surface area contributed by atoms with E-state index in [0.717, 1.165) is 25.7 Å². The zero-order valence-electron chi connectivity index (χ0n) is 9.37. The lowest BCUT2D eigenvalue weighted by atomic mass is 9.73. The lowest BCUT2D eigenvalue weighted by molar-refractivity contribution is 0.0909. The summed E-state index contributed by atoms with van der Waals surface area (Å²) >= 11 is 0. The van der Waals surface area contributed by atoms with Crippen molar-refractivity contribution in [3.63, 3.8) is 0 Å². The van der Waals surface area contributed by atoms with Crippen molar-refractivity contribution in [2.24, 2.45) is 17.1 Å². The number of hydrogen-bond acceptors (Lipinski definition) is 2. The zero-order chi connectivity index (χ0) is 10.6. The van der Waals surface area contributed by atoms with Crippen LogP contribution in [0.3, 0.4) is 0 Å². The molecule has 0 spiro atoms. The predicted octanol–water partition coefficient (Wildman–Crippen LogP) is 2.08. The van der Waals surface area contributed by atoms with E-state index in [1.165, 1.54) is 0 Å². The fraction of sp³-hybridized carbons (Fsp3) is 0.833. The van der Waals surface area contributed by atoms with Crippen LogP contribution in [-0.4, -0.2) is 17.8 Å². The van der Waals surface area contributed by atoms with E-state index >= 15 is 0 Å². The van der Waals surface area contributed by atoms with Gasteiger partial charge in [-0.2, -0.15) is 0 Å². The maximum atomic E-state index is 9.77. The van der Waals surface area contributed by atoms with Gasteiger partial charge in [0.05, 0.1) is 6.10 Å². The molecule has 14 heavy (non-hydrogen) atoms. The summed E-state index contributed by atoms with van der Waals surface area (Å²) in [5.74, 6) is 0.513. The monoisotopic (exact) mass is 197 g/mol. The van der Waals surface area contributed by atoms with Crippen molar-refractivity contribution < 1.29 is 5.11 Å². The van der Waals surface area contributed by atoms with Gasteiger partial charge in [-0.15, -0.1) is 0 Å². The second kappa shape index (κ2) is 4.94. The van der Waals surface area contributed by atoms with Gasteiger partial charge < -0.3 is 10.8 Å². The van der Waals surface area contributed by atoms with Crippen LogP contribution in [0.2, 0.25) is 0 Å². The van der Waals surface area contributed by atoms with E-state index in [1.807, 2.05) is 0 Å². The first-order chi connectivity index (χ1) is 6.56. The third-order valence-corrected chi connectivity index (χ3v) is 3.44. The molecule has 0 amide bonds. The molecule has 2 atom stereocenters. The molecule has 1 aliphatic rings. The molecule has 0 heterocycles. The lowest BCUT2D eigenvalue weighted by Gasteiger charge is -2.34. The largest absolute Gasteiger partial charge is 0.393 e. The molecule has 1 rings (SSSR count).